The van der Waals surface area contributed by atoms with Crippen LogP contribution in [0.3, 0.4) is 0 Å². The second-order valence-electron chi connectivity index (χ2n) is 4.16. The molecule has 0 unspecified atom stereocenters. The van der Waals surface area contributed by atoms with Gasteiger partial charge in [0.1, 0.15) is 0 Å². The van der Waals surface area contributed by atoms with Gasteiger partial charge in [-0.3, -0.25) is 0 Å². The van der Waals surface area contributed by atoms with Crippen LogP contribution in [0.2, 0.25) is 0 Å². The molecule has 0 fully saturated rings. The zero-order valence-electron chi connectivity index (χ0n) is 10.5. The second kappa shape index (κ2) is 6.91. The molecule has 0 heterocycles. The fourth-order valence-electron chi connectivity index (χ4n) is 1.64. The number of nitrogens with zero attached hydrogens (tertiary/aromatic N) is 1. The molecule has 1 rings (SSSR count). The highest BCUT2D eigenvalue weighted by Gasteiger charge is 2.03. The van der Waals surface area contributed by atoms with Crippen molar-refractivity contribution in [2.75, 3.05) is 6.54 Å². The van der Waals surface area contributed by atoms with Gasteiger partial charge in [0.15, 0.2) is 5.84 Å². The number of oxime groups is 1. The molecule has 1 aromatic rings. The van der Waals surface area contributed by atoms with Crippen molar-refractivity contribution in [1.82, 2.24) is 5.32 Å². The first-order valence-electron chi connectivity index (χ1n) is 5.97. The lowest BCUT2D eigenvalue weighted by atomic mass is 10.0. The normalized spacial score (nSPS) is 11.8. The highest BCUT2D eigenvalue weighted by atomic mass is 16.4. The predicted octanol–water partition coefficient (Wildman–Crippen LogP) is 1.98. The fourth-order valence-corrected chi connectivity index (χ4v) is 1.64. The molecule has 0 atom stereocenters. The molecule has 17 heavy (non-hydrogen) atoms. The van der Waals surface area contributed by atoms with Gasteiger partial charge in [0.05, 0.1) is 0 Å². The van der Waals surface area contributed by atoms with Crippen LogP contribution >= 0.6 is 0 Å². The number of unbranched alkanes of at least 4 members (excludes halogenated alkanes) is 1. The number of benzene rings is 1. The number of hydrogen-bond donors (Lipinski definition) is 3. The Morgan fingerprint density at radius 2 is 2.24 bits per heavy atom. The summed E-state index contributed by atoms with van der Waals surface area (Å²) in [5.41, 5.74) is 8.69. The predicted molar refractivity (Wildman–Crippen MR) is 70.3 cm³/mol. The van der Waals surface area contributed by atoms with E-state index in [4.69, 9.17) is 10.9 Å². The van der Waals surface area contributed by atoms with Gasteiger partial charge in [0, 0.05) is 12.1 Å². The summed E-state index contributed by atoms with van der Waals surface area (Å²) in [5, 5.41) is 15.0. The molecule has 0 aromatic heterocycles. The van der Waals surface area contributed by atoms with E-state index in [0.29, 0.717) is 0 Å². The molecular weight excluding hydrogens is 214 g/mol. The SMILES string of the molecule is CCCCNCc1ccc(/C(N)=N/O)cc1C. The Morgan fingerprint density at radius 1 is 1.47 bits per heavy atom. The van der Waals surface area contributed by atoms with Crippen LogP contribution in [-0.4, -0.2) is 17.6 Å². The molecule has 4 N–H and O–H groups in total. The standard InChI is InChI=1S/C13H21N3O/c1-3-4-7-15-9-12-6-5-11(8-10(12)2)13(14)16-17/h5-6,8,15,17H,3-4,7,9H2,1-2H3,(H2,14,16). The molecule has 4 heteroatoms. The number of amidine groups is 1. The van der Waals surface area contributed by atoms with Crippen molar-refractivity contribution in [3.63, 3.8) is 0 Å². The maximum absolute atomic E-state index is 8.60. The van der Waals surface area contributed by atoms with Crippen molar-refractivity contribution in [2.45, 2.75) is 33.2 Å². The average Bonchev–Trinajstić information content (AvgIpc) is 2.35. The van der Waals surface area contributed by atoms with Crippen LogP contribution < -0.4 is 11.1 Å². The Hall–Kier alpha value is -1.55. The largest absolute Gasteiger partial charge is 0.409 e. The van der Waals surface area contributed by atoms with Crippen molar-refractivity contribution < 1.29 is 5.21 Å². The van der Waals surface area contributed by atoms with Crippen LogP contribution in [0.15, 0.2) is 23.4 Å². The Balaban J connectivity index is 2.63. The fraction of sp³-hybridized carbons (Fsp3) is 0.462. The zero-order valence-corrected chi connectivity index (χ0v) is 10.5. The first-order chi connectivity index (χ1) is 8.19. The molecule has 0 bridgehead atoms. The van der Waals surface area contributed by atoms with Crippen molar-refractivity contribution in [1.29, 1.82) is 0 Å². The van der Waals surface area contributed by atoms with Crippen molar-refractivity contribution in [2.24, 2.45) is 10.9 Å². The van der Waals surface area contributed by atoms with Gasteiger partial charge in [-0.1, -0.05) is 30.6 Å². The van der Waals surface area contributed by atoms with Gasteiger partial charge >= 0.3 is 0 Å². The summed E-state index contributed by atoms with van der Waals surface area (Å²) >= 11 is 0. The second-order valence-corrected chi connectivity index (χ2v) is 4.16. The molecule has 1 aromatic carbocycles. The van der Waals surface area contributed by atoms with Crippen LogP contribution in [0, 0.1) is 6.92 Å². The third-order valence-electron chi connectivity index (χ3n) is 2.77. The average molecular weight is 235 g/mol. The molecule has 0 saturated carbocycles. The van der Waals surface area contributed by atoms with Crippen LogP contribution in [0.25, 0.3) is 0 Å². The minimum Gasteiger partial charge on any atom is -0.409 e. The Kier molecular flexibility index (Phi) is 5.49. The van der Waals surface area contributed by atoms with Gasteiger partial charge in [-0.25, -0.2) is 0 Å². The van der Waals surface area contributed by atoms with Crippen LogP contribution in [0.1, 0.15) is 36.5 Å². The molecule has 0 aliphatic rings. The van der Waals surface area contributed by atoms with Gasteiger partial charge < -0.3 is 16.3 Å². The van der Waals surface area contributed by atoms with E-state index in [0.717, 1.165) is 24.2 Å². The van der Waals surface area contributed by atoms with Gasteiger partial charge in [-0.05, 0) is 37.1 Å². The van der Waals surface area contributed by atoms with E-state index in [2.05, 4.69) is 17.4 Å². The summed E-state index contributed by atoms with van der Waals surface area (Å²) in [7, 11) is 0. The number of hydrogen-bond acceptors (Lipinski definition) is 3. The number of nitrogens with one attached hydrogen (secondary N) is 1. The lowest BCUT2D eigenvalue weighted by Crippen LogP contribution is -2.16. The maximum atomic E-state index is 8.60. The monoisotopic (exact) mass is 235 g/mol. The summed E-state index contributed by atoms with van der Waals surface area (Å²) in [6, 6.07) is 5.83. The molecule has 4 nitrogen and oxygen atoms in total. The van der Waals surface area contributed by atoms with Gasteiger partial charge in [-0.15, -0.1) is 0 Å². The van der Waals surface area contributed by atoms with E-state index in [1.165, 1.54) is 18.4 Å². The Bertz CT molecular complexity index is 388. The lowest BCUT2D eigenvalue weighted by Gasteiger charge is -2.09. The summed E-state index contributed by atoms with van der Waals surface area (Å²) in [6.07, 6.45) is 2.40. The van der Waals surface area contributed by atoms with E-state index < -0.39 is 0 Å². The van der Waals surface area contributed by atoms with Crippen molar-refractivity contribution in [3.05, 3.63) is 34.9 Å². The van der Waals surface area contributed by atoms with E-state index in [1.54, 1.807) is 0 Å². The van der Waals surface area contributed by atoms with Gasteiger partial charge in [-0.2, -0.15) is 0 Å². The smallest absolute Gasteiger partial charge is 0.170 e. The third-order valence-corrected chi connectivity index (χ3v) is 2.77. The summed E-state index contributed by atoms with van der Waals surface area (Å²) in [6.45, 7) is 6.12. The van der Waals surface area contributed by atoms with E-state index in [9.17, 15) is 0 Å². The van der Waals surface area contributed by atoms with Crippen LogP contribution in [-0.2, 0) is 6.54 Å². The summed E-state index contributed by atoms with van der Waals surface area (Å²) < 4.78 is 0. The summed E-state index contributed by atoms with van der Waals surface area (Å²) in [4.78, 5) is 0. The minimum atomic E-state index is 0.151. The first-order valence-corrected chi connectivity index (χ1v) is 5.97. The third kappa shape index (κ3) is 4.07. The Morgan fingerprint density at radius 3 is 2.82 bits per heavy atom. The first kappa shape index (κ1) is 13.5. The highest BCUT2D eigenvalue weighted by molar-refractivity contribution is 5.97. The number of rotatable bonds is 6. The molecule has 0 spiro atoms. The van der Waals surface area contributed by atoms with Crippen LogP contribution in [0.4, 0.5) is 0 Å². The lowest BCUT2D eigenvalue weighted by molar-refractivity contribution is 0.318. The maximum Gasteiger partial charge on any atom is 0.170 e. The molecule has 0 aliphatic heterocycles. The Labute approximate surface area is 103 Å². The van der Waals surface area contributed by atoms with E-state index in [1.807, 2.05) is 25.1 Å². The van der Waals surface area contributed by atoms with Gasteiger partial charge in [0.2, 0.25) is 0 Å². The molecule has 94 valence electrons. The molecule has 0 aliphatic carbocycles. The molecule has 0 saturated heterocycles. The quantitative estimate of drug-likeness (QED) is 0.232. The van der Waals surface area contributed by atoms with Crippen molar-refractivity contribution in [3.8, 4) is 0 Å². The van der Waals surface area contributed by atoms with Crippen molar-refractivity contribution >= 4 is 5.84 Å². The molecule has 0 radical (unpaired) electrons. The number of nitrogens with two attached hydrogens (primary N) is 1. The number of aryl methyl sites for hydroxylation is 1. The molecule has 0 amide bonds. The van der Waals surface area contributed by atoms with Crippen LogP contribution in [0.5, 0.6) is 0 Å². The highest BCUT2D eigenvalue weighted by Crippen LogP contribution is 2.11. The minimum absolute atomic E-state index is 0.151. The van der Waals surface area contributed by atoms with E-state index in [-0.39, 0.29) is 5.84 Å². The summed E-state index contributed by atoms with van der Waals surface area (Å²) in [5.74, 6) is 0.151. The van der Waals surface area contributed by atoms with E-state index >= 15 is 0 Å². The molecular formula is C13H21N3O. The topological polar surface area (TPSA) is 70.6 Å². The zero-order chi connectivity index (χ0) is 12.7. The van der Waals surface area contributed by atoms with Gasteiger partial charge in [0.25, 0.3) is 0 Å².